The quantitative estimate of drug-likeness (QED) is 0.599. The maximum absolute atomic E-state index is 11.4. The van der Waals surface area contributed by atoms with Crippen molar-refractivity contribution in [3.63, 3.8) is 0 Å². The van der Waals surface area contributed by atoms with E-state index in [1.807, 2.05) is 52.0 Å². The molecule has 0 unspecified atom stereocenters. The highest BCUT2D eigenvalue weighted by molar-refractivity contribution is 5.91. The number of ether oxygens (including phenoxy) is 2. The minimum Gasteiger partial charge on any atom is -0.491 e. The second-order valence-electron chi connectivity index (χ2n) is 4.97. The zero-order valence-corrected chi connectivity index (χ0v) is 12.3. The molecule has 1 rings (SSSR count). The van der Waals surface area contributed by atoms with Gasteiger partial charge in [0.05, 0.1) is 13.2 Å². The number of hydrogen-bond acceptors (Lipinski definition) is 3. The van der Waals surface area contributed by atoms with Crippen molar-refractivity contribution in [3.05, 3.63) is 35.9 Å². The van der Waals surface area contributed by atoms with E-state index < -0.39 is 0 Å². The molecule has 0 N–H and O–H groups in total. The van der Waals surface area contributed by atoms with E-state index in [-0.39, 0.29) is 18.0 Å². The van der Waals surface area contributed by atoms with Gasteiger partial charge in [-0.05, 0) is 43.0 Å². The normalized spacial score (nSPS) is 11.8. The van der Waals surface area contributed by atoms with Crippen LogP contribution in [0.4, 0.5) is 0 Å². The van der Waals surface area contributed by atoms with Gasteiger partial charge in [0, 0.05) is 6.08 Å². The Labute approximate surface area is 115 Å². The van der Waals surface area contributed by atoms with Gasteiger partial charge in [-0.25, -0.2) is 4.79 Å². The van der Waals surface area contributed by atoms with Crippen LogP contribution in [0.2, 0.25) is 0 Å². The topological polar surface area (TPSA) is 35.5 Å². The molecule has 0 amide bonds. The van der Waals surface area contributed by atoms with Crippen LogP contribution < -0.4 is 4.74 Å². The lowest BCUT2D eigenvalue weighted by Gasteiger charge is -2.13. The molecule has 0 aliphatic rings. The van der Waals surface area contributed by atoms with Crippen LogP contribution in [0.15, 0.2) is 30.3 Å². The third-order valence-corrected chi connectivity index (χ3v) is 2.66. The van der Waals surface area contributed by atoms with Crippen molar-refractivity contribution in [1.82, 2.24) is 0 Å². The van der Waals surface area contributed by atoms with Gasteiger partial charge in [0.2, 0.25) is 0 Å². The molecule has 0 saturated heterocycles. The van der Waals surface area contributed by atoms with Gasteiger partial charge in [0.1, 0.15) is 5.75 Å². The van der Waals surface area contributed by atoms with Crippen molar-refractivity contribution in [1.29, 1.82) is 0 Å². The van der Waals surface area contributed by atoms with Crippen molar-refractivity contribution in [2.75, 3.05) is 7.11 Å². The van der Waals surface area contributed by atoms with Crippen LogP contribution in [0, 0.1) is 5.92 Å². The van der Waals surface area contributed by atoms with Crippen LogP contribution in [-0.4, -0.2) is 19.2 Å². The molecule has 0 bridgehead atoms. The van der Waals surface area contributed by atoms with Gasteiger partial charge < -0.3 is 9.47 Å². The SMILES string of the molecule is COC(=O)C=C(c1ccc(OC(C)C)cc1)C(C)C. The Morgan fingerprint density at radius 1 is 1.11 bits per heavy atom. The largest absolute Gasteiger partial charge is 0.491 e. The Morgan fingerprint density at radius 2 is 1.68 bits per heavy atom. The summed E-state index contributed by atoms with van der Waals surface area (Å²) in [7, 11) is 1.39. The molecule has 3 heteroatoms. The van der Waals surface area contributed by atoms with E-state index in [1.54, 1.807) is 6.08 Å². The first-order chi connectivity index (χ1) is 8.93. The van der Waals surface area contributed by atoms with Gasteiger partial charge >= 0.3 is 5.97 Å². The second kappa shape index (κ2) is 6.98. The van der Waals surface area contributed by atoms with Gasteiger partial charge in [0.25, 0.3) is 0 Å². The summed E-state index contributed by atoms with van der Waals surface area (Å²) in [4.78, 5) is 11.4. The minimum atomic E-state index is -0.328. The van der Waals surface area contributed by atoms with Crippen LogP contribution in [0.3, 0.4) is 0 Å². The Bertz CT molecular complexity index is 442. The molecule has 1 aromatic rings. The Kier molecular flexibility index (Phi) is 5.61. The van der Waals surface area contributed by atoms with E-state index >= 15 is 0 Å². The highest BCUT2D eigenvalue weighted by Gasteiger charge is 2.09. The maximum atomic E-state index is 11.4. The summed E-state index contributed by atoms with van der Waals surface area (Å²) in [6.07, 6.45) is 1.70. The van der Waals surface area contributed by atoms with Crippen LogP contribution in [-0.2, 0) is 9.53 Å². The zero-order chi connectivity index (χ0) is 14.4. The van der Waals surface area contributed by atoms with Crippen molar-refractivity contribution in [3.8, 4) is 5.75 Å². The highest BCUT2D eigenvalue weighted by Crippen LogP contribution is 2.25. The number of esters is 1. The van der Waals surface area contributed by atoms with Gasteiger partial charge in [-0.3, -0.25) is 0 Å². The van der Waals surface area contributed by atoms with E-state index in [9.17, 15) is 4.79 Å². The lowest BCUT2D eigenvalue weighted by molar-refractivity contribution is -0.134. The molecule has 3 nitrogen and oxygen atoms in total. The Balaban J connectivity index is 2.98. The van der Waals surface area contributed by atoms with Gasteiger partial charge in [-0.2, -0.15) is 0 Å². The third kappa shape index (κ3) is 4.78. The lowest BCUT2D eigenvalue weighted by atomic mass is 9.95. The van der Waals surface area contributed by atoms with Crippen LogP contribution in [0.25, 0.3) is 5.57 Å². The summed E-state index contributed by atoms with van der Waals surface area (Å²) < 4.78 is 10.3. The Hall–Kier alpha value is -1.77. The fourth-order valence-corrected chi connectivity index (χ4v) is 1.77. The predicted octanol–water partition coefficient (Wildman–Crippen LogP) is 3.69. The summed E-state index contributed by atoms with van der Waals surface area (Å²) in [6, 6.07) is 7.77. The first-order valence-electron chi connectivity index (χ1n) is 6.50. The molecular formula is C16H22O3. The number of benzene rings is 1. The van der Waals surface area contributed by atoms with Crippen LogP contribution in [0.1, 0.15) is 33.3 Å². The van der Waals surface area contributed by atoms with E-state index in [2.05, 4.69) is 4.74 Å². The van der Waals surface area contributed by atoms with Crippen LogP contribution >= 0.6 is 0 Å². The fraction of sp³-hybridized carbons (Fsp3) is 0.438. The number of allylic oxidation sites excluding steroid dienone is 1. The number of carbonyl (C=O) groups excluding carboxylic acids is 1. The molecule has 0 aliphatic carbocycles. The summed E-state index contributed by atoms with van der Waals surface area (Å²) in [5.41, 5.74) is 1.97. The lowest BCUT2D eigenvalue weighted by Crippen LogP contribution is -2.05. The van der Waals surface area contributed by atoms with Gasteiger partial charge in [0.15, 0.2) is 0 Å². The first kappa shape index (κ1) is 15.3. The summed E-state index contributed by atoms with van der Waals surface area (Å²) >= 11 is 0. The highest BCUT2D eigenvalue weighted by atomic mass is 16.5. The number of hydrogen-bond donors (Lipinski definition) is 0. The molecule has 0 fully saturated rings. The standard InChI is InChI=1S/C16H22O3/c1-11(2)15(10-16(17)18-5)13-6-8-14(9-7-13)19-12(3)4/h6-12H,1-5H3. The molecule has 0 aliphatic heterocycles. The van der Waals surface area contributed by atoms with Crippen LogP contribution in [0.5, 0.6) is 5.75 Å². The van der Waals surface area contributed by atoms with Gasteiger partial charge in [-0.1, -0.05) is 26.0 Å². The maximum Gasteiger partial charge on any atom is 0.330 e. The molecule has 0 atom stereocenters. The number of carbonyl (C=O) groups is 1. The molecule has 1 aromatic carbocycles. The summed E-state index contributed by atoms with van der Waals surface area (Å²) in [5, 5.41) is 0. The van der Waals surface area contributed by atoms with E-state index in [0.717, 1.165) is 16.9 Å². The molecule has 0 heterocycles. The fourth-order valence-electron chi connectivity index (χ4n) is 1.77. The third-order valence-electron chi connectivity index (χ3n) is 2.66. The van der Waals surface area contributed by atoms with Gasteiger partial charge in [-0.15, -0.1) is 0 Å². The van der Waals surface area contributed by atoms with Crippen molar-refractivity contribution < 1.29 is 14.3 Å². The average molecular weight is 262 g/mol. The second-order valence-corrected chi connectivity index (χ2v) is 4.97. The molecule has 0 spiro atoms. The molecule has 19 heavy (non-hydrogen) atoms. The monoisotopic (exact) mass is 262 g/mol. The molecule has 104 valence electrons. The summed E-state index contributed by atoms with van der Waals surface area (Å²) in [5.74, 6) is 0.752. The Morgan fingerprint density at radius 3 is 2.11 bits per heavy atom. The van der Waals surface area contributed by atoms with Crippen molar-refractivity contribution in [2.24, 2.45) is 5.92 Å². The average Bonchev–Trinajstić information content (AvgIpc) is 2.35. The molecule has 0 radical (unpaired) electrons. The molecule has 0 aromatic heterocycles. The molecule has 0 saturated carbocycles. The van der Waals surface area contributed by atoms with Crippen molar-refractivity contribution >= 4 is 11.5 Å². The van der Waals surface area contributed by atoms with E-state index in [0.29, 0.717) is 0 Å². The first-order valence-corrected chi connectivity index (χ1v) is 6.50. The smallest absolute Gasteiger partial charge is 0.330 e. The van der Waals surface area contributed by atoms with Crippen molar-refractivity contribution in [2.45, 2.75) is 33.8 Å². The molecular weight excluding hydrogens is 240 g/mol. The predicted molar refractivity (Wildman–Crippen MR) is 77.0 cm³/mol. The van der Waals surface area contributed by atoms with E-state index in [4.69, 9.17) is 4.74 Å². The number of rotatable bonds is 5. The zero-order valence-electron chi connectivity index (χ0n) is 12.3. The van der Waals surface area contributed by atoms with E-state index in [1.165, 1.54) is 7.11 Å². The number of methoxy groups -OCH3 is 1. The minimum absolute atomic E-state index is 0.154. The summed E-state index contributed by atoms with van der Waals surface area (Å²) in [6.45, 7) is 8.08.